The zero-order valence-electron chi connectivity index (χ0n) is 16.3. The Morgan fingerprint density at radius 2 is 1.97 bits per heavy atom. The number of nitrogens with zero attached hydrogens (tertiary/aromatic N) is 2. The highest BCUT2D eigenvalue weighted by molar-refractivity contribution is 7.14. The first kappa shape index (κ1) is 22.9. The fourth-order valence-electron chi connectivity index (χ4n) is 3.27. The normalized spacial score (nSPS) is 10.7. The van der Waals surface area contributed by atoms with E-state index >= 15 is 0 Å². The van der Waals surface area contributed by atoms with Crippen LogP contribution >= 0.6 is 22.9 Å². The third kappa shape index (κ3) is 5.67. The first-order valence-electron chi connectivity index (χ1n) is 9.64. The van der Waals surface area contributed by atoms with E-state index in [2.05, 4.69) is 21.4 Å². The van der Waals surface area contributed by atoms with Crippen molar-refractivity contribution in [3.8, 4) is 0 Å². The number of carbonyl (C=O) groups excluding carboxylic acids is 1. The summed E-state index contributed by atoms with van der Waals surface area (Å²) in [6.07, 6.45) is 6.38. The lowest BCUT2D eigenvalue weighted by Crippen LogP contribution is -2.12. The largest absolute Gasteiger partial charge is 0.383 e. The number of hydrogen-bond donors (Lipinski definition) is 2. The molecule has 7 heteroatoms. The van der Waals surface area contributed by atoms with Crippen LogP contribution in [0, 0.1) is 0 Å². The van der Waals surface area contributed by atoms with Crippen molar-refractivity contribution < 1.29 is 4.79 Å². The molecule has 3 heterocycles. The lowest BCUT2D eigenvalue weighted by Gasteiger charge is -2.05. The topological polar surface area (TPSA) is 80.9 Å². The Hall–Kier alpha value is -2.80. The third-order valence-corrected chi connectivity index (χ3v) is 6.50. The Labute approximate surface area is 191 Å². The third-order valence-electron chi connectivity index (χ3n) is 4.87. The summed E-state index contributed by atoms with van der Waals surface area (Å²) in [5, 5.41) is 5.95. The number of rotatable bonds is 8. The summed E-state index contributed by atoms with van der Waals surface area (Å²) in [5.74, 6) is 0.628. The van der Waals surface area contributed by atoms with Crippen molar-refractivity contribution in [2.75, 3.05) is 5.73 Å². The molecule has 0 radical (unpaired) electrons. The van der Waals surface area contributed by atoms with Crippen LogP contribution in [0.5, 0.6) is 0 Å². The maximum atomic E-state index is 12.7. The molecule has 3 N–H and O–H groups in total. The fraction of sp³-hybridized carbons (Fsp3) is 0.208. The zero-order chi connectivity index (χ0) is 20.9. The first-order chi connectivity index (χ1) is 14.6. The highest BCUT2D eigenvalue weighted by Gasteiger charge is 2.14. The standard InChI is InChI=1S/C23H21ClN4OS.CH4/c24-19-11-21(30-22(19)14-27-13-16-2-1-8-26-12-16)20(29)6-4-15-3-5-18-17(10-15)7-9-28-23(18)25;/h1-3,5,7-12,27H,4,6,13-14H2,(H2,25,28);1H4. The van der Waals surface area contributed by atoms with Gasteiger partial charge in [-0.3, -0.25) is 9.78 Å². The number of anilines is 1. The summed E-state index contributed by atoms with van der Waals surface area (Å²) in [5.41, 5.74) is 8.11. The lowest BCUT2D eigenvalue weighted by molar-refractivity contribution is 0.0986. The van der Waals surface area contributed by atoms with Gasteiger partial charge in [-0.25, -0.2) is 4.98 Å². The van der Waals surface area contributed by atoms with E-state index in [0.717, 1.165) is 26.8 Å². The maximum Gasteiger partial charge on any atom is 0.173 e. The van der Waals surface area contributed by atoms with Gasteiger partial charge < -0.3 is 11.1 Å². The fourth-order valence-corrected chi connectivity index (χ4v) is 4.62. The molecule has 3 aromatic heterocycles. The summed E-state index contributed by atoms with van der Waals surface area (Å²) < 4.78 is 0. The number of nitrogens with one attached hydrogen (secondary N) is 1. The van der Waals surface area contributed by atoms with Crippen molar-refractivity contribution in [1.29, 1.82) is 0 Å². The highest BCUT2D eigenvalue weighted by Crippen LogP contribution is 2.28. The smallest absolute Gasteiger partial charge is 0.173 e. The highest BCUT2D eigenvalue weighted by atomic mass is 35.5. The number of aromatic nitrogens is 2. The number of fused-ring (bicyclic) bond motifs is 1. The molecule has 0 aliphatic rings. The van der Waals surface area contributed by atoms with Gasteiger partial charge in [0.2, 0.25) is 0 Å². The number of pyridine rings is 2. The molecule has 0 aliphatic heterocycles. The number of nitrogens with two attached hydrogens (primary N) is 1. The average molecular weight is 453 g/mol. The molecule has 0 bridgehead atoms. The minimum atomic E-state index is 0. The molecule has 0 fully saturated rings. The van der Waals surface area contributed by atoms with Crippen molar-refractivity contribution in [3.05, 3.63) is 87.0 Å². The predicted molar refractivity (Wildman–Crippen MR) is 130 cm³/mol. The molecule has 31 heavy (non-hydrogen) atoms. The Kier molecular flexibility index (Phi) is 7.74. The number of benzene rings is 1. The van der Waals surface area contributed by atoms with Gasteiger partial charge in [0.25, 0.3) is 0 Å². The molecule has 1 aromatic carbocycles. The first-order valence-corrected chi connectivity index (χ1v) is 10.8. The van der Waals surface area contributed by atoms with Crippen LogP contribution in [-0.4, -0.2) is 15.8 Å². The van der Waals surface area contributed by atoms with Crippen LogP contribution in [0.4, 0.5) is 5.82 Å². The summed E-state index contributed by atoms with van der Waals surface area (Å²) in [6, 6.07) is 13.7. The van der Waals surface area contributed by atoms with Crippen molar-refractivity contribution in [2.45, 2.75) is 33.4 Å². The van der Waals surface area contributed by atoms with E-state index in [1.807, 2.05) is 36.5 Å². The van der Waals surface area contributed by atoms with Crippen molar-refractivity contribution in [1.82, 2.24) is 15.3 Å². The average Bonchev–Trinajstić information content (AvgIpc) is 3.13. The molecule has 4 aromatic rings. The van der Waals surface area contributed by atoms with E-state index in [1.165, 1.54) is 11.3 Å². The van der Waals surface area contributed by atoms with Crippen molar-refractivity contribution in [3.63, 3.8) is 0 Å². The maximum absolute atomic E-state index is 12.7. The van der Waals surface area contributed by atoms with Crippen molar-refractivity contribution >= 4 is 45.3 Å². The second-order valence-corrected chi connectivity index (χ2v) is 8.57. The molecule has 0 unspecified atom stereocenters. The molecule has 5 nitrogen and oxygen atoms in total. The predicted octanol–water partition coefficient (Wildman–Crippen LogP) is 5.67. The van der Waals surface area contributed by atoms with E-state index in [-0.39, 0.29) is 13.2 Å². The Bertz CT molecular complexity index is 1180. The lowest BCUT2D eigenvalue weighted by atomic mass is 10.0. The minimum Gasteiger partial charge on any atom is -0.383 e. The van der Waals surface area contributed by atoms with Crippen LogP contribution in [0.2, 0.25) is 5.02 Å². The molecule has 0 spiro atoms. The molecule has 0 atom stereocenters. The van der Waals surface area contributed by atoms with Crippen LogP contribution in [0.3, 0.4) is 0 Å². The second-order valence-electron chi connectivity index (χ2n) is 7.02. The van der Waals surface area contributed by atoms with Gasteiger partial charge in [-0.1, -0.05) is 43.3 Å². The number of Topliss-reactive ketones (excluding diaryl/α,β-unsaturated/α-hetero) is 1. The van der Waals surface area contributed by atoms with Gasteiger partial charge in [0.15, 0.2) is 5.78 Å². The van der Waals surface area contributed by atoms with E-state index in [1.54, 1.807) is 18.5 Å². The SMILES string of the molecule is C.Nc1nccc2cc(CCC(=O)c3cc(Cl)c(CNCc4cccnc4)s3)ccc12. The van der Waals surface area contributed by atoms with E-state index in [4.69, 9.17) is 17.3 Å². The Morgan fingerprint density at radius 3 is 2.77 bits per heavy atom. The number of ketones is 1. The summed E-state index contributed by atoms with van der Waals surface area (Å²) in [4.78, 5) is 22.6. The van der Waals surface area contributed by atoms with Gasteiger partial charge >= 0.3 is 0 Å². The second kappa shape index (κ2) is 10.5. The summed E-state index contributed by atoms with van der Waals surface area (Å²) in [6.45, 7) is 1.32. The number of carbonyl (C=O) groups is 1. The molecule has 0 aliphatic carbocycles. The number of aryl methyl sites for hydroxylation is 1. The molecule has 160 valence electrons. The van der Waals surface area contributed by atoms with Gasteiger partial charge in [-0.15, -0.1) is 11.3 Å². The minimum absolute atomic E-state index is 0. The number of thiophene rings is 1. The summed E-state index contributed by atoms with van der Waals surface area (Å²) in [7, 11) is 0. The van der Waals surface area contributed by atoms with Crippen LogP contribution in [0.15, 0.2) is 61.1 Å². The number of halogens is 1. The zero-order valence-corrected chi connectivity index (χ0v) is 17.8. The molecular weight excluding hydrogens is 428 g/mol. The molecule has 0 amide bonds. The van der Waals surface area contributed by atoms with Crippen LogP contribution in [0.25, 0.3) is 10.8 Å². The monoisotopic (exact) mass is 452 g/mol. The number of hydrogen-bond acceptors (Lipinski definition) is 6. The molecule has 4 rings (SSSR count). The Morgan fingerprint density at radius 1 is 1.10 bits per heavy atom. The van der Waals surface area contributed by atoms with E-state index < -0.39 is 0 Å². The van der Waals surface area contributed by atoms with Gasteiger partial charge in [-0.05, 0) is 41.1 Å². The van der Waals surface area contributed by atoms with Crippen LogP contribution < -0.4 is 11.1 Å². The van der Waals surface area contributed by atoms with Crippen LogP contribution in [0.1, 0.15) is 39.5 Å². The van der Waals surface area contributed by atoms with Crippen LogP contribution in [-0.2, 0) is 19.5 Å². The Balaban J connectivity index is 0.00000272. The van der Waals surface area contributed by atoms with Gasteiger partial charge in [0.05, 0.1) is 9.90 Å². The molecule has 0 saturated carbocycles. The van der Waals surface area contributed by atoms with Gasteiger partial charge in [-0.2, -0.15) is 0 Å². The van der Waals surface area contributed by atoms with Gasteiger partial charge in [0.1, 0.15) is 5.82 Å². The molecular formula is C24H25ClN4OS. The van der Waals surface area contributed by atoms with E-state index in [9.17, 15) is 4.79 Å². The quantitative estimate of drug-likeness (QED) is 0.337. The number of nitrogen functional groups attached to an aromatic ring is 1. The molecule has 0 saturated heterocycles. The van der Waals surface area contributed by atoms with E-state index in [0.29, 0.717) is 41.6 Å². The van der Waals surface area contributed by atoms with Crippen molar-refractivity contribution in [2.24, 2.45) is 0 Å². The summed E-state index contributed by atoms with van der Waals surface area (Å²) >= 11 is 7.81. The van der Waals surface area contributed by atoms with Gasteiger partial charge in [0, 0.05) is 48.4 Å².